The van der Waals surface area contributed by atoms with Gasteiger partial charge in [-0.1, -0.05) is 23.7 Å². The molecule has 0 saturated heterocycles. The molecule has 0 bridgehead atoms. The van der Waals surface area contributed by atoms with Crippen molar-refractivity contribution in [3.8, 4) is 0 Å². The highest BCUT2D eigenvalue weighted by molar-refractivity contribution is 6.33. The minimum Gasteiger partial charge on any atom is -0.420 e. The highest BCUT2D eigenvalue weighted by atomic mass is 35.5. The van der Waals surface area contributed by atoms with Crippen molar-refractivity contribution in [3.63, 3.8) is 0 Å². The fourth-order valence-electron chi connectivity index (χ4n) is 5.67. The van der Waals surface area contributed by atoms with Crippen molar-refractivity contribution < 1.29 is 9.84 Å². The van der Waals surface area contributed by atoms with Crippen LogP contribution in [0.2, 0.25) is 5.15 Å². The summed E-state index contributed by atoms with van der Waals surface area (Å²) in [6.45, 7) is 4.63. The number of aromatic nitrogens is 4. The number of rotatable bonds is 9. The van der Waals surface area contributed by atoms with Crippen molar-refractivity contribution in [1.29, 1.82) is 0 Å². The molecule has 0 spiro atoms. The summed E-state index contributed by atoms with van der Waals surface area (Å²) in [5.74, 6) is 1.32. The van der Waals surface area contributed by atoms with E-state index in [0.717, 1.165) is 60.5 Å². The molecule has 3 heterocycles. The Labute approximate surface area is 222 Å². The summed E-state index contributed by atoms with van der Waals surface area (Å²) >= 11 is 6.32. The summed E-state index contributed by atoms with van der Waals surface area (Å²) < 4.78 is 8.44. The minimum atomic E-state index is -0.956. The molecule has 7 nitrogen and oxygen atoms in total. The monoisotopic (exact) mass is 520 g/mol. The molecule has 8 heteroatoms. The molecule has 1 aromatic carbocycles. The van der Waals surface area contributed by atoms with Gasteiger partial charge in [0.15, 0.2) is 0 Å². The van der Waals surface area contributed by atoms with E-state index in [0.29, 0.717) is 11.1 Å². The van der Waals surface area contributed by atoms with Gasteiger partial charge in [-0.2, -0.15) is 0 Å². The smallest absolute Gasteiger partial charge is 0.267 e. The van der Waals surface area contributed by atoms with Crippen LogP contribution in [0.25, 0.3) is 21.9 Å². The molecule has 4 aromatic rings. The summed E-state index contributed by atoms with van der Waals surface area (Å²) in [6.07, 6.45) is 10.1. The minimum absolute atomic E-state index is 0.0554. The van der Waals surface area contributed by atoms with Crippen LogP contribution >= 0.6 is 11.6 Å². The predicted octanol–water partition coefficient (Wildman–Crippen LogP) is 5.88. The third-order valence-electron chi connectivity index (χ3n) is 7.70. The van der Waals surface area contributed by atoms with Gasteiger partial charge in [0, 0.05) is 32.0 Å². The van der Waals surface area contributed by atoms with E-state index in [1.165, 1.54) is 30.1 Å². The first-order chi connectivity index (χ1) is 17.8. The maximum Gasteiger partial charge on any atom is 0.267 e. The van der Waals surface area contributed by atoms with Crippen LogP contribution in [-0.2, 0) is 11.2 Å². The predicted molar refractivity (Wildman–Crippen MR) is 148 cm³/mol. The normalized spacial score (nSPS) is 22.2. The molecule has 0 amide bonds. The molecule has 3 N–H and O–H groups in total. The number of nitrogens with zero attached hydrogens (tertiary/aromatic N) is 4. The average Bonchev–Trinajstić information content (AvgIpc) is 3.47. The summed E-state index contributed by atoms with van der Waals surface area (Å²) in [5, 5.41) is 14.4. The van der Waals surface area contributed by atoms with Gasteiger partial charge in [-0.15, -0.1) is 0 Å². The summed E-state index contributed by atoms with van der Waals surface area (Å²) in [5.41, 5.74) is 3.19. The maximum absolute atomic E-state index is 8.37. The van der Waals surface area contributed by atoms with Gasteiger partial charge in [0.25, 0.3) is 5.79 Å². The second kappa shape index (κ2) is 9.86. The topological polar surface area (TPSA) is 87.8 Å². The van der Waals surface area contributed by atoms with E-state index in [-0.39, 0.29) is 12.1 Å². The average molecular weight is 521 g/mol. The number of aryl methyl sites for hydroxylation is 1. The molecule has 2 fully saturated rings. The molecule has 0 radical (unpaired) electrons. The van der Waals surface area contributed by atoms with Gasteiger partial charge in [0.2, 0.25) is 0 Å². The summed E-state index contributed by atoms with van der Waals surface area (Å²) in [4.78, 5) is 13.5. The lowest BCUT2D eigenvalue weighted by molar-refractivity contribution is -0.210. The lowest BCUT2D eigenvalue weighted by Crippen LogP contribution is -2.33. The molecule has 3 aromatic heterocycles. The molecule has 0 aliphatic heterocycles. The van der Waals surface area contributed by atoms with Crippen LogP contribution in [-0.4, -0.2) is 43.1 Å². The Morgan fingerprint density at radius 3 is 2.76 bits per heavy atom. The number of halogens is 1. The van der Waals surface area contributed by atoms with Gasteiger partial charge < -0.3 is 19.7 Å². The Morgan fingerprint density at radius 2 is 1.95 bits per heavy atom. The molecule has 2 saturated carbocycles. The maximum atomic E-state index is 8.37. The Balaban J connectivity index is 1.17. The van der Waals surface area contributed by atoms with Crippen molar-refractivity contribution in [2.45, 2.75) is 70.3 Å². The van der Waals surface area contributed by atoms with Gasteiger partial charge in [-0.05, 0) is 80.2 Å². The van der Waals surface area contributed by atoms with E-state index < -0.39 is 5.79 Å². The second-order valence-corrected chi connectivity index (χ2v) is 11.6. The van der Waals surface area contributed by atoms with Crippen LogP contribution in [0.1, 0.15) is 57.6 Å². The molecule has 37 heavy (non-hydrogen) atoms. The molecular formula is C29H35ClN5O2+. The molecule has 6 rings (SSSR count). The van der Waals surface area contributed by atoms with E-state index >= 15 is 0 Å². The number of fused-ring (bicyclic) bond motifs is 2. The Morgan fingerprint density at radius 1 is 1.11 bits per heavy atom. The molecule has 2 aliphatic carbocycles. The van der Waals surface area contributed by atoms with Crippen molar-refractivity contribution >= 4 is 39.4 Å². The highest BCUT2D eigenvalue weighted by Crippen LogP contribution is 2.42. The number of anilines is 1. The van der Waals surface area contributed by atoms with E-state index in [2.05, 4.69) is 50.2 Å². The van der Waals surface area contributed by atoms with Crippen LogP contribution in [0.4, 0.5) is 5.82 Å². The van der Waals surface area contributed by atoms with Gasteiger partial charge in [-0.3, -0.25) is 0 Å². The number of hydrogen-bond acceptors (Lipinski definition) is 5. The largest absolute Gasteiger partial charge is 0.420 e. The Hall–Kier alpha value is -2.74. The van der Waals surface area contributed by atoms with Crippen molar-refractivity contribution in [2.24, 2.45) is 11.8 Å². The van der Waals surface area contributed by atoms with Crippen LogP contribution in [0.15, 0.2) is 48.9 Å². The quantitative estimate of drug-likeness (QED) is 0.169. The second-order valence-electron chi connectivity index (χ2n) is 11.3. The first kappa shape index (κ1) is 24.6. The Bertz CT molecular complexity index is 1410. The number of nitrogens with one attached hydrogen (secondary N) is 1. The van der Waals surface area contributed by atoms with E-state index in [1.54, 1.807) is 13.8 Å². The van der Waals surface area contributed by atoms with E-state index in [1.807, 2.05) is 12.3 Å². The molecular weight excluding hydrogens is 486 g/mol. The molecule has 3 atom stereocenters. The lowest BCUT2D eigenvalue weighted by Gasteiger charge is -2.26. The highest BCUT2D eigenvalue weighted by Gasteiger charge is 2.40. The molecule has 2 aliphatic rings. The number of hydrogen-bond donors (Lipinski definition) is 1. The van der Waals surface area contributed by atoms with Gasteiger partial charge in [0.1, 0.15) is 22.9 Å². The van der Waals surface area contributed by atoms with Gasteiger partial charge >= 0.3 is 0 Å². The zero-order chi connectivity index (χ0) is 25.6. The van der Waals surface area contributed by atoms with Crippen LogP contribution < -0.4 is 5.32 Å². The number of ether oxygens (including phenoxy) is 1. The number of benzene rings is 1. The van der Waals surface area contributed by atoms with Gasteiger partial charge in [0.05, 0.1) is 23.0 Å². The van der Waals surface area contributed by atoms with Crippen molar-refractivity contribution in [3.05, 3.63) is 59.6 Å². The lowest BCUT2D eigenvalue weighted by atomic mass is 9.97. The zero-order valence-electron chi connectivity index (χ0n) is 21.5. The van der Waals surface area contributed by atoms with Crippen LogP contribution in [0.3, 0.4) is 0 Å². The third kappa shape index (κ3) is 5.59. The summed E-state index contributed by atoms with van der Waals surface area (Å²) in [6, 6.07) is 13.0. The first-order valence-corrected chi connectivity index (χ1v) is 13.7. The van der Waals surface area contributed by atoms with Crippen LogP contribution in [0, 0.1) is 11.8 Å². The van der Waals surface area contributed by atoms with E-state index in [4.69, 9.17) is 26.4 Å². The first-order valence-electron chi connectivity index (χ1n) is 13.4. The fraction of sp³-hybridized carbons (Fsp3) is 0.483. The zero-order valence-corrected chi connectivity index (χ0v) is 22.2. The Kier molecular flexibility index (Phi) is 6.55. The SMILES string of the molecule is CC(C)([OH2+])O[C@@H]1C[C@@H](CCc2ccc3ccc(NCC4CC4)nc3c2)C[C@H]1n1ccc2c(Cl)ncnc21. The molecule has 194 valence electrons. The van der Waals surface area contributed by atoms with Crippen molar-refractivity contribution in [2.75, 3.05) is 11.9 Å². The standard InChI is InChI=1S/C29H34ClN5O2/c1-29(2,36)37-25-15-20(14-24(25)35-12-11-22-27(30)32-17-33-28(22)35)6-3-18-7-8-21-9-10-26(34-23(21)13-18)31-16-19-4-5-19/h7-13,17,19-20,24-25,36H,3-6,14-16H2,1-2H3,(H,31,34)/p+1/t20-,24+,25+/m0/s1. The van der Waals surface area contributed by atoms with Crippen LogP contribution in [0.5, 0.6) is 0 Å². The van der Waals surface area contributed by atoms with Crippen molar-refractivity contribution in [1.82, 2.24) is 19.5 Å². The van der Waals surface area contributed by atoms with E-state index in [9.17, 15) is 0 Å². The number of pyridine rings is 1. The third-order valence-corrected chi connectivity index (χ3v) is 8.00. The van der Waals surface area contributed by atoms with Gasteiger partial charge in [-0.25, -0.2) is 15.0 Å². The molecule has 0 unspecified atom stereocenters. The fourth-order valence-corrected chi connectivity index (χ4v) is 5.87. The summed E-state index contributed by atoms with van der Waals surface area (Å²) in [7, 11) is 0.